The van der Waals surface area contributed by atoms with Crippen LogP contribution in [0.15, 0.2) is 41.0 Å². The van der Waals surface area contributed by atoms with Crippen LogP contribution in [-0.2, 0) is 10.2 Å². The van der Waals surface area contributed by atoms with Gasteiger partial charge in [0.15, 0.2) is 0 Å². The van der Waals surface area contributed by atoms with E-state index in [1.165, 1.54) is 6.26 Å². The maximum Gasteiger partial charge on any atom is 0.237 e. The van der Waals surface area contributed by atoms with Crippen LogP contribution in [0.25, 0.3) is 0 Å². The Morgan fingerprint density at radius 3 is 2.71 bits per heavy atom. The van der Waals surface area contributed by atoms with Crippen molar-refractivity contribution < 1.29 is 14.3 Å². The highest BCUT2D eigenvalue weighted by Crippen LogP contribution is 2.42. The van der Waals surface area contributed by atoms with Crippen molar-refractivity contribution in [2.45, 2.75) is 32.3 Å². The number of aliphatic hydroxyl groups is 1. The van der Waals surface area contributed by atoms with Crippen molar-refractivity contribution in [2.75, 3.05) is 11.4 Å². The fraction of sp³-hybridized carbons (Fsp3) is 0.353. The van der Waals surface area contributed by atoms with Crippen molar-refractivity contribution in [3.8, 4) is 0 Å². The molecule has 0 aliphatic carbocycles. The minimum absolute atomic E-state index is 0.102. The number of furan rings is 1. The Kier molecular flexibility index (Phi) is 3.14. The van der Waals surface area contributed by atoms with Gasteiger partial charge in [-0.15, -0.1) is 0 Å². The molecule has 1 N–H and O–H groups in total. The van der Waals surface area contributed by atoms with Gasteiger partial charge in [-0.2, -0.15) is 0 Å². The van der Waals surface area contributed by atoms with Gasteiger partial charge in [-0.1, -0.05) is 6.07 Å². The predicted molar refractivity (Wildman–Crippen MR) is 80.3 cm³/mol. The van der Waals surface area contributed by atoms with E-state index in [1.807, 2.05) is 39.0 Å². The van der Waals surface area contributed by atoms with Gasteiger partial charge in [-0.3, -0.25) is 4.79 Å². The lowest BCUT2D eigenvalue weighted by atomic mass is 9.85. The molecule has 110 valence electrons. The number of rotatable bonds is 3. The van der Waals surface area contributed by atoms with Gasteiger partial charge in [0.2, 0.25) is 5.91 Å². The summed E-state index contributed by atoms with van der Waals surface area (Å²) in [5.41, 5.74) is 2.06. The summed E-state index contributed by atoms with van der Waals surface area (Å²) < 4.78 is 5.26. The standard InChI is InChI=1S/C17H19NO3/c1-4-18-13-8-7-11(15(19)14-6-5-9-21-14)10-12(13)17(2,3)16(18)20/h5-10,15,19H,4H2,1-3H3. The minimum Gasteiger partial charge on any atom is -0.466 e. The van der Waals surface area contributed by atoms with Gasteiger partial charge in [0.1, 0.15) is 11.9 Å². The van der Waals surface area contributed by atoms with Crippen LogP contribution in [-0.4, -0.2) is 17.6 Å². The van der Waals surface area contributed by atoms with E-state index in [0.29, 0.717) is 12.3 Å². The summed E-state index contributed by atoms with van der Waals surface area (Å²) in [7, 11) is 0. The highest BCUT2D eigenvalue weighted by Gasteiger charge is 2.43. The first kappa shape index (κ1) is 13.9. The quantitative estimate of drug-likeness (QED) is 0.943. The zero-order valence-corrected chi connectivity index (χ0v) is 12.5. The van der Waals surface area contributed by atoms with E-state index in [9.17, 15) is 9.90 Å². The summed E-state index contributed by atoms with van der Waals surface area (Å²) in [5.74, 6) is 0.606. The Balaban J connectivity index is 2.07. The second kappa shape index (κ2) is 4.74. The topological polar surface area (TPSA) is 53.7 Å². The van der Waals surface area contributed by atoms with E-state index in [-0.39, 0.29) is 5.91 Å². The van der Waals surface area contributed by atoms with E-state index < -0.39 is 11.5 Å². The highest BCUT2D eigenvalue weighted by atomic mass is 16.4. The van der Waals surface area contributed by atoms with Gasteiger partial charge >= 0.3 is 0 Å². The molecule has 2 heterocycles. The van der Waals surface area contributed by atoms with Crippen molar-refractivity contribution in [2.24, 2.45) is 0 Å². The smallest absolute Gasteiger partial charge is 0.237 e. The van der Waals surface area contributed by atoms with Crippen LogP contribution in [0.1, 0.15) is 43.8 Å². The van der Waals surface area contributed by atoms with Crippen LogP contribution in [0.4, 0.5) is 5.69 Å². The maximum absolute atomic E-state index is 12.5. The van der Waals surface area contributed by atoms with Crippen molar-refractivity contribution in [3.63, 3.8) is 0 Å². The number of hydrogen-bond acceptors (Lipinski definition) is 3. The van der Waals surface area contributed by atoms with E-state index in [2.05, 4.69) is 0 Å². The molecule has 3 rings (SSSR count). The maximum atomic E-state index is 12.5. The number of fused-ring (bicyclic) bond motifs is 1. The lowest BCUT2D eigenvalue weighted by Gasteiger charge is -2.18. The number of aliphatic hydroxyl groups excluding tert-OH is 1. The Bertz CT molecular complexity index is 673. The van der Waals surface area contributed by atoms with Gasteiger partial charge in [0.05, 0.1) is 11.7 Å². The average molecular weight is 285 g/mol. The molecule has 1 unspecified atom stereocenters. The lowest BCUT2D eigenvalue weighted by Crippen LogP contribution is -2.35. The Hall–Kier alpha value is -2.07. The molecule has 4 nitrogen and oxygen atoms in total. The van der Waals surface area contributed by atoms with Crippen molar-refractivity contribution in [3.05, 3.63) is 53.5 Å². The van der Waals surface area contributed by atoms with Crippen molar-refractivity contribution in [1.29, 1.82) is 0 Å². The highest BCUT2D eigenvalue weighted by molar-refractivity contribution is 6.07. The van der Waals surface area contributed by atoms with Crippen LogP contribution in [0.5, 0.6) is 0 Å². The van der Waals surface area contributed by atoms with Gasteiger partial charge in [-0.05, 0) is 56.2 Å². The fourth-order valence-electron chi connectivity index (χ4n) is 2.95. The lowest BCUT2D eigenvalue weighted by molar-refractivity contribution is -0.122. The Morgan fingerprint density at radius 2 is 2.10 bits per heavy atom. The number of hydrogen-bond donors (Lipinski definition) is 1. The molecule has 2 aromatic rings. The number of nitrogens with zero attached hydrogens (tertiary/aromatic N) is 1. The normalized spacial score (nSPS) is 17.9. The molecule has 0 spiro atoms. The first-order chi connectivity index (χ1) is 9.96. The molecule has 1 aromatic carbocycles. The third-order valence-electron chi connectivity index (χ3n) is 4.21. The number of carbonyl (C=O) groups is 1. The third kappa shape index (κ3) is 1.98. The number of amides is 1. The van der Waals surface area contributed by atoms with E-state index >= 15 is 0 Å². The molecule has 21 heavy (non-hydrogen) atoms. The number of likely N-dealkylation sites (N-methyl/N-ethyl adjacent to an activating group) is 1. The van der Waals surface area contributed by atoms with Gasteiger partial charge in [0.25, 0.3) is 0 Å². The van der Waals surface area contributed by atoms with Crippen LogP contribution in [0.3, 0.4) is 0 Å². The van der Waals surface area contributed by atoms with E-state index in [4.69, 9.17) is 4.42 Å². The number of carbonyl (C=O) groups excluding carboxylic acids is 1. The molecule has 1 amide bonds. The van der Waals surface area contributed by atoms with Crippen LogP contribution >= 0.6 is 0 Å². The molecule has 0 radical (unpaired) electrons. The van der Waals surface area contributed by atoms with Crippen LogP contribution in [0, 0.1) is 0 Å². The fourth-order valence-corrected chi connectivity index (χ4v) is 2.95. The number of anilines is 1. The van der Waals surface area contributed by atoms with E-state index in [1.54, 1.807) is 17.0 Å². The summed E-state index contributed by atoms with van der Waals surface area (Å²) >= 11 is 0. The molecule has 1 atom stereocenters. The van der Waals surface area contributed by atoms with Gasteiger partial charge in [-0.25, -0.2) is 0 Å². The summed E-state index contributed by atoms with van der Waals surface area (Å²) in [6.07, 6.45) is 0.727. The minimum atomic E-state index is -0.813. The van der Waals surface area contributed by atoms with Crippen molar-refractivity contribution in [1.82, 2.24) is 0 Å². The molecular weight excluding hydrogens is 266 g/mol. The summed E-state index contributed by atoms with van der Waals surface area (Å²) in [6.45, 7) is 6.46. The predicted octanol–water partition coefficient (Wildman–Crippen LogP) is 3.01. The van der Waals surface area contributed by atoms with E-state index in [0.717, 1.165) is 16.8 Å². The first-order valence-electron chi connectivity index (χ1n) is 7.14. The van der Waals surface area contributed by atoms with Gasteiger partial charge < -0.3 is 14.4 Å². The molecule has 1 aromatic heterocycles. The monoisotopic (exact) mass is 285 g/mol. The number of benzene rings is 1. The Morgan fingerprint density at radius 1 is 1.33 bits per heavy atom. The Labute approximate surface area is 124 Å². The molecule has 1 aliphatic rings. The summed E-state index contributed by atoms with van der Waals surface area (Å²) in [4.78, 5) is 14.3. The second-order valence-electron chi connectivity index (χ2n) is 5.87. The summed E-state index contributed by atoms with van der Waals surface area (Å²) in [5, 5.41) is 10.4. The molecule has 0 fully saturated rings. The van der Waals surface area contributed by atoms with Crippen molar-refractivity contribution >= 4 is 11.6 Å². The van der Waals surface area contributed by atoms with Gasteiger partial charge in [0, 0.05) is 12.2 Å². The molecule has 0 bridgehead atoms. The molecule has 1 aliphatic heterocycles. The summed E-state index contributed by atoms with van der Waals surface area (Å²) in [6, 6.07) is 9.16. The van der Waals surface area contributed by atoms with Crippen LogP contribution in [0.2, 0.25) is 0 Å². The average Bonchev–Trinajstić information content (AvgIpc) is 3.06. The first-order valence-corrected chi connectivity index (χ1v) is 7.14. The molecule has 0 saturated heterocycles. The zero-order valence-electron chi connectivity index (χ0n) is 12.5. The SMILES string of the molecule is CCN1C(=O)C(C)(C)c2cc(C(O)c3ccco3)ccc21. The molecular formula is C17H19NO3. The zero-order chi connectivity index (χ0) is 15.2. The molecule has 4 heteroatoms. The third-order valence-corrected chi connectivity index (χ3v) is 4.21. The van der Waals surface area contributed by atoms with Crippen LogP contribution < -0.4 is 4.90 Å². The second-order valence-corrected chi connectivity index (χ2v) is 5.87. The largest absolute Gasteiger partial charge is 0.466 e. The molecule has 0 saturated carbocycles.